The Balaban J connectivity index is 1.66. The average molecular weight is 259 g/mol. The molecule has 0 aliphatic carbocycles. The number of aromatic nitrogens is 4. The second kappa shape index (κ2) is 4.83. The highest BCUT2D eigenvalue weighted by molar-refractivity contribution is 7.11. The Morgan fingerprint density at radius 2 is 2.22 bits per heavy atom. The van der Waals surface area contributed by atoms with Crippen molar-refractivity contribution in [1.82, 2.24) is 24.9 Å². The average Bonchev–Trinajstić information content (AvgIpc) is 2.97. The zero-order valence-electron chi connectivity index (χ0n) is 10.00. The third-order valence-corrected chi connectivity index (χ3v) is 3.55. The van der Waals surface area contributed by atoms with Gasteiger partial charge in [-0.25, -0.2) is 4.98 Å². The van der Waals surface area contributed by atoms with E-state index in [4.69, 9.17) is 0 Å². The van der Waals surface area contributed by atoms with Gasteiger partial charge < -0.3 is 5.32 Å². The molecule has 1 N–H and O–H groups in total. The predicted molar refractivity (Wildman–Crippen MR) is 70.4 cm³/mol. The van der Waals surface area contributed by atoms with Crippen LogP contribution in [-0.2, 0) is 13.1 Å². The van der Waals surface area contributed by atoms with Crippen molar-refractivity contribution in [3.8, 4) is 0 Å². The van der Waals surface area contributed by atoms with Crippen molar-refractivity contribution >= 4 is 17.0 Å². The molecule has 3 heterocycles. The van der Waals surface area contributed by atoms with Crippen LogP contribution < -0.4 is 5.32 Å². The molecule has 0 unspecified atom stereocenters. The maximum absolute atomic E-state index is 4.23. The minimum absolute atomic E-state index is 0.697. The Morgan fingerprint density at radius 1 is 1.28 bits per heavy atom. The Labute approximate surface area is 109 Å². The molecule has 0 spiro atoms. The lowest BCUT2D eigenvalue weighted by molar-refractivity contribution is 0.662. The molecule has 0 aliphatic heterocycles. The topological polar surface area (TPSA) is 55.1 Å². The van der Waals surface area contributed by atoms with E-state index in [-0.39, 0.29) is 0 Å². The maximum atomic E-state index is 4.23. The zero-order valence-corrected chi connectivity index (χ0v) is 10.8. The van der Waals surface area contributed by atoms with Crippen LogP contribution in [0.3, 0.4) is 0 Å². The van der Waals surface area contributed by atoms with Crippen molar-refractivity contribution in [3.63, 3.8) is 0 Å². The van der Waals surface area contributed by atoms with Gasteiger partial charge in [-0.05, 0) is 19.1 Å². The lowest BCUT2D eigenvalue weighted by Crippen LogP contribution is -2.14. The van der Waals surface area contributed by atoms with Gasteiger partial charge in [-0.2, -0.15) is 0 Å². The number of hydrogen-bond acceptors (Lipinski definition) is 5. The van der Waals surface area contributed by atoms with Crippen LogP contribution in [-0.4, -0.2) is 19.6 Å². The molecule has 3 aromatic heterocycles. The van der Waals surface area contributed by atoms with E-state index < -0.39 is 0 Å². The minimum atomic E-state index is 0.697. The van der Waals surface area contributed by atoms with E-state index >= 15 is 0 Å². The van der Waals surface area contributed by atoms with E-state index in [0.717, 1.165) is 23.0 Å². The van der Waals surface area contributed by atoms with Gasteiger partial charge in [0, 0.05) is 23.8 Å². The van der Waals surface area contributed by atoms with Crippen LogP contribution in [0.2, 0.25) is 0 Å². The molecule has 0 aliphatic rings. The number of nitrogens with one attached hydrogen (secondary N) is 1. The van der Waals surface area contributed by atoms with Crippen molar-refractivity contribution in [2.24, 2.45) is 0 Å². The van der Waals surface area contributed by atoms with E-state index in [0.29, 0.717) is 6.54 Å². The summed E-state index contributed by atoms with van der Waals surface area (Å²) in [7, 11) is 0. The highest BCUT2D eigenvalue weighted by Gasteiger charge is 2.04. The lowest BCUT2D eigenvalue weighted by Gasteiger charge is -2.01. The first-order valence-corrected chi connectivity index (χ1v) is 6.55. The van der Waals surface area contributed by atoms with Crippen LogP contribution in [0.25, 0.3) is 5.65 Å². The summed E-state index contributed by atoms with van der Waals surface area (Å²) < 4.78 is 1.99. The molecule has 0 fully saturated rings. The molecule has 18 heavy (non-hydrogen) atoms. The van der Waals surface area contributed by atoms with Gasteiger partial charge in [-0.15, -0.1) is 21.5 Å². The summed E-state index contributed by atoms with van der Waals surface area (Å²) in [5.41, 5.74) is 0.878. The fourth-order valence-corrected chi connectivity index (χ4v) is 2.56. The van der Waals surface area contributed by atoms with Gasteiger partial charge in [0.1, 0.15) is 0 Å². The van der Waals surface area contributed by atoms with Gasteiger partial charge in [0.2, 0.25) is 0 Å². The molecule has 3 aromatic rings. The fourth-order valence-electron chi connectivity index (χ4n) is 1.80. The third kappa shape index (κ3) is 2.25. The lowest BCUT2D eigenvalue weighted by atomic mass is 10.4. The summed E-state index contributed by atoms with van der Waals surface area (Å²) in [6.07, 6.45) is 3.89. The molecule has 0 saturated carbocycles. The molecule has 5 nitrogen and oxygen atoms in total. The Hall–Kier alpha value is -1.79. The molecule has 0 amide bonds. The summed E-state index contributed by atoms with van der Waals surface area (Å²) in [4.78, 5) is 5.46. The van der Waals surface area contributed by atoms with E-state index in [1.165, 1.54) is 4.88 Å². The molecule has 0 aromatic carbocycles. The molecule has 0 saturated heterocycles. The quantitative estimate of drug-likeness (QED) is 0.776. The Kier molecular flexibility index (Phi) is 3.04. The van der Waals surface area contributed by atoms with Crippen molar-refractivity contribution < 1.29 is 0 Å². The first-order chi connectivity index (χ1) is 8.83. The van der Waals surface area contributed by atoms with Crippen LogP contribution in [0.4, 0.5) is 0 Å². The second-order valence-electron chi connectivity index (χ2n) is 3.99. The summed E-state index contributed by atoms with van der Waals surface area (Å²) in [6.45, 7) is 3.52. The molecule has 6 heteroatoms. The number of aryl methyl sites for hydroxylation is 1. The van der Waals surface area contributed by atoms with Crippen molar-refractivity contribution in [3.05, 3.63) is 46.3 Å². The van der Waals surface area contributed by atoms with Gasteiger partial charge in [-0.1, -0.05) is 6.07 Å². The SMILES string of the molecule is Cc1ncc(CNCc2nnc3ccccn23)s1. The van der Waals surface area contributed by atoms with Gasteiger partial charge in [0.05, 0.1) is 11.6 Å². The van der Waals surface area contributed by atoms with Crippen LogP contribution in [0, 0.1) is 6.92 Å². The Bertz CT molecular complexity index is 657. The standard InChI is InChI=1S/C12H13N5S/c1-9-14-7-10(18-9)6-13-8-12-16-15-11-4-2-3-5-17(11)12/h2-5,7,13H,6,8H2,1H3. The molecule has 0 bridgehead atoms. The molecule has 3 rings (SSSR count). The monoisotopic (exact) mass is 259 g/mol. The van der Waals surface area contributed by atoms with Gasteiger partial charge in [0.15, 0.2) is 11.5 Å². The molecular weight excluding hydrogens is 246 g/mol. The van der Waals surface area contributed by atoms with Crippen LogP contribution >= 0.6 is 11.3 Å². The van der Waals surface area contributed by atoms with Crippen LogP contribution in [0.15, 0.2) is 30.6 Å². The number of thiazole rings is 1. The van der Waals surface area contributed by atoms with E-state index in [1.807, 2.05) is 41.9 Å². The molecule has 92 valence electrons. The van der Waals surface area contributed by atoms with Gasteiger partial charge in [-0.3, -0.25) is 4.40 Å². The zero-order chi connectivity index (χ0) is 12.4. The van der Waals surface area contributed by atoms with Crippen molar-refractivity contribution in [2.45, 2.75) is 20.0 Å². The molecular formula is C12H13N5S. The summed E-state index contributed by atoms with van der Waals surface area (Å²) in [5, 5.41) is 12.7. The minimum Gasteiger partial charge on any atom is -0.305 e. The summed E-state index contributed by atoms with van der Waals surface area (Å²) in [5.74, 6) is 0.923. The van der Waals surface area contributed by atoms with Gasteiger partial charge in [0.25, 0.3) is 0 Å². The largest absolute Gasteiger partial charge is 0.305 e. The van der Waals surface area contributed by atoms with E-state index in [1.54, 1.807) is 11.3 Å². The van der Waals surface area contributed by atoms with Crippen LogP contribution in [0.1, 0.15) is 15.7 Å². The van der Waals surface area contributed by atoms with E-state index in [2.05, 4.69) is 20.5 Å². The maximum Gasteiger partial charge on any atom is 0.160 e. The first kappa shape index (κ1) is 11.3. The third-order valence-electron chi connectivity index (χ3n) is 2.64. The number of hydrogen-bond donors (Lipinski definition) is 1. The van der Waals surface area contributed by atoms with E-state index in [9.17, 15) is 0 Å². The smallest absolute Gasteiger partial charge is 0.160 e. The number of rotatable bonds is 4. The number of nitrogens with zero attached hydrogens (tertiary/aromatic N) is 4. The normalized spacial score (nSPS) is 11.2. The van der Waals surface area contributed by atoms with Crippen molar-refractivity contribution in [2.75, 3.05) is 0 Å². The number of pyridine rings is 1. The second-order valence-corrected chi connectivity index (χ2v) is 5.31. The highest BCUT2D eigenvalue weighted by atomic mass is 32.1. The van der Waals surface area contributed by atoms with Crippen LogP contribution in [0.5, 0.6) is 0 Å². The number of fused-ring (bicyclic) bond motifs is 1. The van der Waals surface area contributed by atoms with Crippen molar-refractivity contribution in [1.29, 1.82) is 0 Å². The molecule has 0 atom stereocenters. The fraction of sp³-hybridized carbons (Fsp3) is 0.250. The Morgan fingerprint density at radius 3 is 3.06 bits per heavy atom. The summed E-state index contributed by atoms with van der Waals surface area (Å²) in [6, 6.07) is 5.89. The summed E-state index contributed by atoms with van der Waals surface area (Å²) >= 11 is 1.71. The first-order valence-electron chi connectivity index (χ1n) is 5.73. The highest BCUT2D eigenvalue weighted by Crippen LogP contribution is 2.11. The van der Waals surface area contributed by atoms with Gasteiger partial charge >= 0.3 is 0 Å². The molecule has 0 radical (unpaired) electrons. The predicted octanol–water partition coefficient (Wildman–Crippen LogP) is 1.78.